The van der Waals surface area contributed by atoms with E-state index in [1.165, 1.54) is 7.11 Å². The van der Waals surface area contributed by atoms with Crippen LogP contribution in [0.2, 0.25) is 0 Å². The van der Waals surface area contributed by atoms with Crippen molar-refractivity contribution in [2.75, 3.05) is 18.6 Å². The van der Waals surface area contributed by atoms with Gasteiger partial charge in [-0.15, -0.1) is 0 Å². The standard InChI is InChI=1S/C20H19NO5/c1-11-17-15(22)4-3-5-16(17)26-18(11)19(23)21-9-8-12-10-13(20(24)25-2)6-7-14(12)21/h6-7,10H,3-5,8-9H2,1-2H3. The molecule has 0 fully saturated rings. The van der Waals surface area contributed by atoms with Gasteiger partial charge in [-0.05, 0) is 43.5 Å². The third kappa shape index (κ3) is 2.44. The minimum absolute atomic E-state index is 0.0519. The first-order chi connectivity index (χ1) is 12.5. The Morgan fingerprint density at radius 1 is 1.19 bits per heavy atom. The Labute approximate surface area is 150 Å². The van der Waals surface area contributed by atoms with Gasteiger partial charge >= 0.3 is 5.97 Å². The van der Waals surface area contributed by atoms with Crippen LogP contribution in [0.5, 0.6) is 0 Å². The molecule has 0 atom stereocenters. The lowest BCUT2D eigenvalue weighted by Gasteiger charge is -2.16. The summed E-state index contributed by atoms with van der Waals surface area (Å²) in [7, 11) is 1.34. The lowest BCUT2D eigenvalue weighted by atomic mass is 9.94. The number of ketones is 1. The van der Waals surface area contributed by atoms with E-state index in [1.54, 1.807) is 30.0 Å². The normalized spacial score (nSPS) is 15.6. The highest BCUT2D eigenvalue weighted by Crippen LogP contribution is 2.34. The van der Waals surface area contributed by atoms with Crippen molar-refractivity contribution in [2.24, 2.45) is 0 Å². The van der Waals surface area contributed by atoms with Crippen molar-refractivity contribution in [3.8, 4) is 0 Å². The van der Waals surface area contributed by atoms with Crippen molar-refractivity contribution in [1.82, 2.24) is 0 Å². The van der Waals surface area contributed by atoms with Crippen LogP contribution in [0.25, 0.3) is 0 Å². The Bertz CT molecular complexity index is 940. The van der Waals surface area contributed by atoms with E-state index < -0.39 is 5.97 Å². The molecule has 4 rings (SSSR count). The summed E-state index contributed by atoms with van der Waals surface area (Å²) in [5, 5.41) is 0. The third-order valence-corrected chi connectivity index (χ3v) is 5.14. The highest BCUT2D eigenvalue weighted by atomic mass is 16.5. The fourth-order valence-electron chi connectivity index (χ4n) is 3.83. The number of carbonyl (C=O) groups excluding carboxylic acids is 3. The molecule has 2 aliphatic rings. The predicted octanol–water partition coefficient (Wildman–Crippen LogP) is 3.10. The van der Waals surface area contributed by atoms with Gasteiger partial charge in [0.1, 0.15) is 5.76 Å². The number of benzene rings is 1. The molecule has 1 aromatic carbocycles. The summed E-state index contributed by atoms with van der Waals surface area (Å²) in [6.07, 6.45) is 2.61. The van der Waals surface area contributed by atoms with Gasteiger partial charge < -0.3 is 14.1 Å². The fraction of sp³-hybridized carbons (Fsp3) is 0.350. The Balaban J connectivity index is 1.68. The predicted molar refractivity (Wildman–Crippen MR) is 93.9 cm³/mol. The first-order valence-corrected chi connectivity index (χ1v) is 8.70. The molecule has 1 aromatic heterocycles. The van der Waals surface area contributed by atoms with E-state index in [4.69, 9.17) is 9.15 Å². The zero-order valence-corrected chi connectivity index (χ0v) is 14.8. The molecule has 0 bridgehead atoms. The van der Waals surface area contributed by atoms with Crippen molar-refractivity contribution < 1.29 is 23.5 Å². The van der Waals surface area contributed by atoms with Crippen LogP contribution in [0.15, 0.2) is 22.6 Å². The molecule has 1 aliphatic heterocycles. The maximum Gasteiger partial charge on any atom is 0.337 e. The monoisotopic (exact) mass is 353 g/mol. The zero-order chi connectivity index (χ0) is 18.4. The molecule has 2 heterocycles. The highest BCUT2D eigenvalue weighted by Gasteiger charge is 2.33. The van der Waals surface area contributed by atoms with Gasteiger partial charge in [0.15, 0.2) is 11.5 Å². The number of ether oxygens (including phenoxy) is 1. The molecule has 0 radical (unpaired) electrons. The van der Waals surface area contributed by atoms with E-state index in [2.05, 4.69) is 0 Å². The van der Waals surface area contributed by atoms with Crippen LogP contribution < -0.4 is 4.90 Å². The molecular weight excluding hydrogens is 334 g/mol. The van der Waals surface area contributed by atoms with Crippen molar-refractivity contribution in [3.05, 3.63) is 52.0 Å². The lowest BCUT2D eigenvalue weighted by molar-refractivity contribution is 0.0600. The number of esters is 1. The molecule has 1 aliphatic carbocycles. The number of furan rings is 1. The van der Waals surface area contributed by atoms with Crippen LogP contribution in [-0.2, 0) is 17.6 Å². The van der Waals surface area contributed by atoms with Crippen LogP contribution in [0.3, 0.4) is 0 Å². The van der Waals surface area contributed by atoms with Gasteiger partial charge in [0.05, 0.1) is 18.2 Å². The highest BCUT2D eigenvalue weighted by molar-refractivity contribution is 6.09. The van der Waals surface area contributed by atoms with E-state index in [0.29, 0.717) is 48.3 Å². The van der Waals surface area contributed by atoms with Crippen molar-refractivity contribution in [2.45, 2.75) is 32.6 Å². The van der Waals surface area contributed by atoms with Crippen molar-refractivity contribution >= 4 is 23.3 Å². The molecule has 2 aromatic rings. The Hall–Kier alpha value is -2.89. The number of rotatable bonds is 2. The van der Waals surface area contributed by atoms with Crippen LogP contribution in [-0.4, -0.2) is 31.3 Å². The second kappa shape index (κ2) is 6.12. The van der Waals surface area contributed by atoms with Gasteiger partial charge in [-0.2, -0.15) is 0 Å². The van der Waals surface area contributed by atoms with Gasteiger partial charge in [0, 0.05) is 30.6 Å². The summed E-state index contributed by atoms with van der Waals surface area (Å²) < 4.78 is 10.5. The van der Waals surface area contributed by atoms with Crippen LogP contribution in [0.4, 0.5) is 5.69 Å². The topological polar surface area (TPSA) is 76.8 Å². The Kier molecular flexibility index (Phi) is 3.90. The van der Waals surface area contributed by atoms with Crippen LogP contribution >= 0.6 is 0 Å². The van der Waals surface area contributed by atoms with E-state index in [0.717, 1.165) is 17.7 Å². The smallest absolute Gasteiger partial charge is 0.337 e. The minimum atomic E-state index is -0.398. The van der Waals surface area contributed by atoms with Gasteiger partial charge in [0.25, 0.3) is 5.91 Å². The van der Waals surface area contributed by atoms with E-state index >= 15 is 0 Å². The van der Waals surface area contributed by atoms with Gasteiger partial charge in [-0.3, -0.25) is 9.59 Å². The third-order valence-electron chi connectivity index (χ3n) is 5.14. The summed E-state index contributed by atoms with van der Waals surface area (Å²) in [5.41, 5.74) is 3.37. The number of aryl methyl sites for hydroxylation is 1. The number of hydrogen-bond acceptors (Lipinski definition) is 5. The summed E-state index contributed by atoms with van der Waals surface area (Å²) >= 11 is 0. The summed E-state index contributed by atoms with van der Waals surface area (Å²) in [6, 6.07) is 5.17. The van der Waals surface area contributed by atoms with Crippen molar-refractivity contribution in [1.29, 1.82) is 0 Å². The SMILES string of the molecule is COC(=O)c1ccc2c(c1)CCN2C(=O)c1oc2c(c1C)C(=O)CCC2. The molecule has 0 spiro atoms. The number of amides is 1. The Morgan fingerprint density at radius 2 is 2.00 bits per heavy atom. The quantitative estimate of drug-likeness (QED) is 0.776. The van der Waals surface area contributed by atoms with Gasteiger partial charge in [-0.1, -0.05) is 0 Å². The second-order valence-electron chi connectivity index (χ2n) is 6.67. The maximum absolute atomic E-state index is 13.1. The second-order valence-corrected chi connectivity index (χ2v) is 6.67. The van der Waals surface area contributed by atoms with Gasteiger partial charge in [-0.25, -0.2) is 4.79 Å². The molecule has 0 N–H and O–H groups in total. The summed E-state index contributed by atoms with van der Waals surface area (Å²) in [6.45, 7) is 2.29. The van der Waals surface area contributed by atoms with Gasteiger partial charge in [0.2, 0.25) is 0 Å². The molecule has 134 valence electrons. The number of hydrogen-bond donors (Lipinski definition) is 0. The van der Waals surface area contributed by atoms with Crippen LogP contribution in [0, 0.1) is 6.92 Å². The summed E-state index contributed by atoms with van der Waals surface area (Å²) in [5.74, 6) is 0.286. The van der Waals surface area contributed by atoms with Crippen molar-refractivity contribution in [3.63, 3.8) is 0 Å². The minimum Gasteiger partial charge on any atom is -0.465 e. The van der Waals surface area contributed by atoms with E-state index in [9.17, 15) is 14.4 Å². The molecule has 6 heteroatoms. The Morgan fingerprint density at radius 3 is 2.73 bits per heavy atom. The molecule has 0 saturated heterocycles. The fourth-order valence-corrected chi connectivity index (χ4v) is 3.83. The number of Topliss-reactive ketones (excluding diaryl/α,β-unsaturated/α-hetero) is 1. The molecule has 0 saturated carbocycles. The number of nitrogens with zero attached hydrogens (tertiary/aromatic N) is 1. The molecular formula is C20H19NO5. The lowest BCUT2D eigenvalue weighted by Crippen LogP contribution is -2.29. The van der Waals surface area contributed by atoms with E-state index in [-0.39, 0.29) is 17.5 Å². The van der Waals surface area contributed by atoms with E-state index in [1.807, 2.05) is 0 Å². The number of carbonyl (C=O) groups is 3. The molecule has 26 heavy (non-hydrogen) atoms. The first kappa shape index (κ1) is 16.6. The molecule has 0 unspecified atom stereocenters. The number of anilines is 1. The van der Waals surface area contributed by atoms with Crippen LogP contribution in [0.1, 0.15) is 61.0 Å². The largest absolute Gasteiger partial charge is 0.465 e. The zero-order valence-electron chi connectivity index (χ0n) is 14.8. The average Bonchev–Trinajstić information content (AvgIpc) is 3.22. The molecule has 1 amide bonds. The first-order valence-electron chi connectivity index (χ1n) is 8.70. The average molecular weight is 353 g/mol. The summed E-state index contributed by atoms with van der Waals surface area (Å²) in [4.78, 5) is 38.6. The molecule has 6 nitrogen and oxygen atoms in total. The number of methoxy groups -OCH3 is 1. The maximum atomic E-state index is 13.1. The number of fused-ring (bicyclic) bond motifs is 2.